The number of methoxy groups -OCH3 is 2. The maximum Gasteiger partial charge on any atom is 0.488 e. The number of hydrogen-bond acceptors (Lipinski definition) is 10. The van der Waals surface area contributed by atoms with Crippen molar-refractivity contribution in [1.29, 1.82) is 0 Å². The van der Waals surface area contributed by atoms with Crippen LogP contribution in [0.15, 0.2) is 97.1 Å². The van der Waals surface area contributed by atoms with Crippen LogP contribution in [-0.2, 0) is 26.7 Å². The van der Waals surface area contributed by atoms with E-state index < -0.39 is 19.1 Å². The van der Waals surface area contributed by atoms with Gasteiger partial charge in [0.1, 0.15) is 18.3 Å². The summed E-state index contributed by atoms with van der Waals surface area (Å²) in [5.74, 6) is 0.542. The molecule has 0 heterocycles. The molecule has 0 atom stereocenters. The Labute approximate surface area is 277 Å². The van der Waals surface area contributed by atoms with E-state index in [0.717, 1.165) is 25.9 Å². The van der Waals surface area contributed by atoms with Gasteiger partial charge in [-0.25, -0.2) is 0 Å². The molecule has 0 saturated heterocycles. The molecule has 0 bridgehead atoms. The third kappa shape index (κ3) is 19.9. The topological polar surface area (TPSA) is 197 Å². The van der Waals surface area contributed by atoms with Gasteiger partial charge in [0.05, 0.1) is 14.2 Å². The summed E-state index contributed by atoms with van der Waals surface area (Å²) in [6.07, 6.45) is 1.47. The Bertz CT molecular complexity index is 1430. The summed E-state index contributed by atoms with van der Waals surface area (Å²) in [6, 6.07) is 27.5. The van der Waals surface area contributed by atoms with Crippen LogP contribution in [0.4, 0.5) is 0 Å². The van der Waals surface area contributed by atoms with E-state index in [-0.39, 0.29) is 22.8 Å². The number of aliphatic carboxylic acids is 2. The number of phenols is 1. The zero-order valence-corrected chi connectivity index (χ0v) is 26.3. The molecular formula is C32H35BCuO12. The fraction of sp³-hybridized carbons (Fsp3) is 0.125. The SMILES string of the molecule is CC(=O)O.CC(=O)O.COc1cc(C=O)ccc1O.COc1cc(C=O)ccc1Oc1ccccc1.OB(O)c1ccccc1.[Cu]. The standard InChI is InChI=1S/C14H12O3.C8H8O3.C6H7BO2.2C2H4O2.Cu/c1-16-14-9-11(10-15)7-8-13(14)17-12-5-3-2-4-6-12;1-11-8-4-6(5-9)2-3-7(8)10;8-7(9)6-4-2-1-3-5-6;2*1-2(3)4;/h2-10H,1H3;2-5,10H,1H3;1-5,8-9H;2*1H3,(H,3,4);. The van der Waals surface area contributed by atoms with E-state index in [0.29, 0.717) is 40.1 Å². The van der Waals surface area contributed by atoms with Gasteiger partial charge in [-0.2, -0.15) is 0 Å². The molecule has 0 aliphatic heterocycles. The van der Waals surface area contributed by atoms with Crippen molar-refractivity contribution in [2.24, 2.45) is 0 Å². The first-order valence-electron chi connectivity index (χ1n) is 12.9. The van der Waals surface area contributed by atoms with Crippen molar-refractivity contribution in [3.8, 4) is 28.7 Å². The van der Waals surface area contributed by atoms with Crippen molar-refractivity contribution in [1.82, 2.24) is 0 Å². The van der Waals surface area contributed by atoms with Crippen LogP contribution in [0.1, 0.15) is 34.6 Å². The van der Waals surface area contributed by atoms with E-state index in [4.69, 9.17) is 49.2 Å². The van der Waals surface area contributed by atoms with E-state index in [1.54, 1.807) is 49.6 Å². The molecule has 1 radical (unpaired) electrons. The number of carboxylic acid groups (broad SMARTS) is 2. The third-order valence-electron chi connectivity index (χ3n) is 4.73. The zero-order chi connectivity index (χ0) is 34.2. The van der Waals surface area contributed by atoms with Gasteiger partial charge in [0.15, 0.2) is 23.0 Å². The summed E-state index contributed by atoms with van der Waals surface area (Å²) < 4.78 is 15.6. The largest absolute Gasteiger partial charge is 0.504 e. The average molecular weight is 686 g/mol. The van der Waals surface area contributed by atoms with Crippen molar-refractivity contribution < 1.29 is 75.8 Å². The summed E-state index contributed by atoms with van der Waals surface area (Å²) in [5, 5.41) is 41.1. The zero-order valence-electron chi connectivity index (χ0n) is 25.4. The molecule has 249 valence electrons. The molecule has 0 spiro atoms. The molecule has 46 heavy (non-hydrogen) atoms. The molecule has 4 aromatic carbocycles. The Balaban J connectivity index is 0. The number of aldehydes is 2. The molecule has 12 nitrogen and oxygen atoms in total. The number of ether oxygens (including phenoxy) is 3. The summed E-state index contributed by atoms with van der Waals surface area (Å²) >= 11 is 0. The summed E-state index contributed by atoms with van der Waals surface area (Å²) in [5.41, 5.74) is 1.57. The molecule has 0 aromatic heterocycles. The summed E-state index contributed by atoms with van der Waals surface area (Å²) in [4.78, 5) is 38.9. The van der Waals surface area contributed by atoms with Crippen LogP contribution in [0, 0.1) is 0 Å². The molecule has 4 rings (SSSR count). The first-order chi connectivity index (χ1) is 21.4. The second-order valence-electron chi connectivity index (χ2n) is 8.31. The van der Waals surface area contributed by atoms with Gasteiger partial charge in [0, 0.05) is 42.0 Å². The van der Waals surface area contributed by atoms with Crippen molar-refractivity contribution in [2.45, 2.75) is 13.8 Å². The van der Waals surface area contributed by atoms with Crippen molar-refractivity contribution in [3.63, 3.8) is 0 Å². The Morgan fingerprint density at radius 3 is 1.46 bits per heavy atom. The first kappa shape index (κ1) is 43.0. The molecule has 14 heteroatoms. The van der Waals surface area contributed by atoms with Crippen LogP contribution in [0.2, 0.25) is 0 Å². The number of benzene rings is 4. The second-order valence-corrected chi connectivity index (χ2v) is 8.31. The van der Waals surface area contributed by atoms with Crippen LogP contribution >= 0.6 is 0 Å². The number of hydrogen-bond donors (Lipinski definition) is 5. The summed E-state index contributed by atoms with van der Waals surface area (Å²) in [7, 11) is 1.64. The second kappa shape index (κ2) is 25.2. The van der Waals surface area contributed by atoms with Gasteiger partial charge in [-0.05, 0) is 54.0 Å². The summed E-state index contributed by atoms with van der Waals surface area (Å²) in [6.45, 7) is 2.17. The molecule has 0 amide bonds. The van der Waals surface area contributed by atoms with Gasteiger partial charge in [-0.3, -0.25) is 19.2 Å². The van der Waals surface area contributed by atoms with Crippen LogP contribution in [0.25, 0.3) is 0 Å². The Morgan fingerprint density at radius 1 is 0.652 bits per heavy atom. The van der Waals surface area contributed by atoms with Crippen LogP contribution in [-0.4, -0.2) is 71.2 Å². The molecular weight excluding hydrogens is 651 g/mol. The minimum absolute atomic E-state index is 0. The van der Waals surface area contributed by atoms with Gasteiger partial charge < -0.3 is 39.6 Å². The minimum atomic E-state index is -1.34. The van der Waals surface area contributed by atoms with E-state index in [2.05, 4.69) is 0 Å². The van der Waals surface area contributed by atoms with E-state index in [9.17, 15) is 9.59 Å². The van der Waals surface area contributed by atoms with Crippen molar-refractivity contribution >= 4 is 37.1 Å². The maximum atomic E-state index is 10.6. The quantitative estimate of drug-likeness (QED) is 0.138. The van der Waals surface area contributed by atoms with E-state index in [1.807, 2.05) is 36.4 Å². The predicted molar refractivity (Wildman–Crippen MR) is 168 cm³/mol. The number of carbonyl (C=O) groups excluding carboxylic acids is 2. The number of para-hydroxylation sites is 1. The number of rotatable bonds is 7. The maximum absolute atomic E-state index is 10.6. The minimum Gasteiger partial charge on any atom is -0.504 e. The number of carbonyl (C=O) groups is 4. The van der Waals surface area contributed by atoms with E-state index in [1.165, 1.54) is 25.3 Å². The Kier molecular flexibility index (Phi) is 23.6. The molecule has 0 aliphatic carbocycles. The molecule has 5 N–H and O–H groups in total. The van der Waals surface area contributed by atoms with Gasteiger partial charge in [0.25, 0.3) is 11.9 Å². The molecule has 4 aromatic rings. The van der Waals surface area contributed by atoms with Crippen LogP contribution in [0.5, 0.6) is 28.7 Å². The fourth-order valence-electron chi connectivity index (χ4n) is 2.85. The number of carboxylic acids is 2. The normalized spacial score (nSPS) is 8.65. The van der Waals surface area contributed by atoms with Crippen LogP contribution in [0.3, 0.4) is 0 Å². The average Bonchev–Trinajstić information content (AvgIpc) is 3.02. The molecule has 0 saturated carbocycles. The smallest absolute Gasteiger partial charge is 0.488 e. The first-order valence-corrected chi connectivity index (χ1v) is 12.9. The molecule has 0 fully saturated rings. The van der Waals surface area contributed by atoms with Crippen molar-refractivity contribution in [2.75, 3.05) is 14.2 Å². The Hall–Kier alpha value is -5.14. The third-order valence-corrected chi connectivity index (χ3v) is 4.73. The van der Waals surface area contributed by atoms with Gasteiger partial charge in [-0.15, -0.1) is 0 Å². The fourth-order valence-corrected chi connectivity index (χ4v) is 2.85. The monoisotopic (exact) mass is 685 g/mol. The molecule has 0 unspecified atom stereocenters. The number of aromatic hydroxyl groups is 1. The van der Waals surface area contributed by atoms with Gasteiger partial charge in [-0.1, -0.05) is 48.5 Å². The number of phenolic OH excluding ortho intramolecular Hbond substituents is 1. The molecule has 0 aliphatic rings. The predicted octanol–water partition coefficient (Wildman–Crippen LogP) is 4.06. The Morgan fingerprint density at radius 2 is 1.07 bits per heavy atom. The van der Waals surface area contributed by atoms with Crippen molar-refractivity contribution in [3.05, 3.63) is 108 Å². The van der Waals surface area contributed by atoms with Crippen LogP contribution < -0.4 is 19.7 Å². The van der Waals surface area contributed by atoms with Gasteiger partial charge >= 0.3 is 7.12 Å². The van der Waals surface area contributed by atoms with E-state index >= 15 is 0 Å². The van der Waals surface area contributed by atoms with Gasteiger partial charge in [0.2, 0.25) is 0 Å².